The number of aryl methyl sites for hydroxylation is 1. The molecule has 13 heteroatoms. The standard InChI is InChI=1S/C35H37FN4O7S/c1-4-20-37-35(42)33(21-26-10-6-5-7-11-26)38(23-27-12-8-9-13-31(27)36)34(41)24-39(28-15-17-29(47-3)18-16-28)48(45,46)30-19-14-25(2)32(22-30)40(43)44/h5-19,22,33H,4,20-21,23-24H2,1-3H3,(H,37,42)/t33-/m0/s1. The average Bonchev–Trinajstić information content (AvgIpc) is 3.08. The maximum atomic E-state index is 15.0. The van der Waals surface area contributed by atoms with E-state index in [1.807, 2.05) is 13.0 Å². The molecular formula is C35H37FN4O7S. The van der Waals surface area contributed by atoms with Crippen molar-refractivity contribution in [3.63, 3.8) is 0 Å². The molecule has 4 aromatic carbocycles. The Kier molecular flexibility index (Phi) is 11.9. The van der Waals surface area contributed by atoms with Crippen molar-refractivity contribution in [2.24, 2.45) is 0 Å². The largest absolute Gasteiger partial charge is 0.497 e. The number of nitrogens with one attached hydrogen (secondary N) is 1. The van der Waals surface area contributed by atoms with Gasteiger partial charge < -0.3 is 15.0 Å². The lowest BCUT2D eigenvalue weighted by Gasteiger charge is -2.34. The fourth-order valence-corrected chi connectivity index (χ4v) is 6.52. The number of rotatable bonds is 15. The zero-order valence-corrected chi connectivity index (χ0v) is 27.7. The van der Waals surface area contributed by atoms with Gasteiger partial charge in [0.25, 0.3) is 15.7 Å². The van der Waals surface area contributed by atoms with Crippen LogP contribution in [-0.4, -0.2) is 56.3 Å². The summed E-state index contributed by atoms with van der Waals surface area (Å²) in [4.78, 5) is 39.9. The van der Waals surface area contributed by atoms with Crippen LogP contribution in [0.25, 0.3) is 0 Å². The second-order valence-electron chi connectivity index (χ2n) is 11.0. The van der Waals surface area contributed by atoms with Crippen LogP contribution in [0.5, 0.6) is 5.75 Å². The number of methoxy groups -OCH3 is 1. The van der Waals surface area contributed by atoms with Gasteiger partial charge in [-0.25, -0.2) is 12.8 Å². The van der Waals surface area contributed by atoms with Gasteiger partial charge in [0.1, 0.15) is 24.2 Å². The minimum absolute atomic E-state index is 0.0632. The summed E-state index contributed by atoms with van der Waals surface area (Å²) in [7, 11) is -3.17. The fourth-order valence-electron chi connectivity index (χ4n) is 5.08. The Balaban J connectivity index is 1.84. The van der Waals surface area contributed by atoms with E-state index in [9.17, 15) is 28.1 Å². The number of hydrogen-bond donors (Lipinski definition) is 1. The van der Waals surface area contributed by atoms with Crippen LogP contribution in [0.3, 0.4) is 0 Å². The molecule has 0 aliphatic heterocycles. The van der Waals surface area contributed by atoms with E-state index in [0.717, 1.165) is 15.9 Å². The van der Waals surface area contributed by atoms with E-state index in [1.54, 1.807) is 30.3 Å². The quantitative estimate of drug-likeness (QED) is 0.131. The van der Waals surface area contributed by atoms with Gasteiger partial charge in [0, 0.05) is 36.7 Å². The first-order valence-electron chi connectivity index (χ1n) is 15.2. The molecule has 1 atom stereocenters. The summed E-state index contributed by atoms with van der Waals surface area (Å²) < 4.78 is 49.6. The molecule has 0 aliphatic rings. The number of sulfonamides is 1. The first-order valence-corrected chi connectivity index (χ1v) is 16.7. The summed E-state index contributed by atoms with van der Waals surface area (Å²) in [5, 5.41) is 14.5. The molecule has 0 heterocycles. The molecule has 0 saturated heterocycles. The number of ether oxygens (including phenoxy) is 1. The van der Waals surface area contributed by atoms with Crippen LogP contribution in [0, 0.1) is 22.9 Å². The third-order valence-corrected chi connectivity index (χ3v) is 9.49. The molecule has 252 valence electrons. The third-order valence-electron chi connectivity index (χ3n) is 7.72. The fraction of sp³-hybridized carbons (Fsp3) is 0.257. The molecule has 4 aromatic rings. The van der Waals surface area contributed by atoms with Crippen LogP contribution in [-0.2, 0) is 32.6 Å². The summed E-state index contributed by atoms with van der Waals surface area (Å²) in [5.41, 5.74) is 0.762. The highest BCUT2D eigenvalue weighted by molar-refractivity contribution is 7.92. The van der Waals surface area contributed by atoms with Crippen molar-refractivity contribution < 1.29 is 32.1 Å². The number of nitrogens with zero attached hydrogens (tertiary/aromatic N) is 3. The topological polar surface area (TPSA) is 139 Å². The summed E-state index contributed by atoms with van der Waals surface area (Å²) in [6.07, 6.45) is 0.688. The van der Waals surface area contributed by atoms with Crippen LogP contribution >= 0.6 is 0 Å². The molecule has 0 radical (unpaired) electrons. The molecule has 0 saturated carbocycles. The summed E-state index contributed by atoms with van der Waals surface area (Å²) >= 11 is 0. The molecule has 0 fully saturated rings. The Bertz CT molecular complexity index is 1850. The Morgan fingerprint density at radius 2 is 1.65 bits per heavy atom. The van der Waals surface area contributed by atoms with Crippen LogP contribution in [0.15, 0.2) is 102 Å². The minimum Gasteiger partial charge on any atom is -0.497 e. The predicted molar refractivity (Wildman–Crippen MR) is 180 cm³/mol. The van der Waals surface area contributed by atoms with Crippen LogP contribution < -0.4 is 14.4 Å². The highest BCUT2D eigenvalue weighted by Crippen LogP contribution is 2.30. The molecule has 0 spiro atoms. The van der Waals surface area contributed by atoms with Crippen molar-refractivity contribution in [3.8, 4) is 5.75 Å². The molecule has 2 amide bonds. The molecule has 0 bridgehead atoms. The number of nitro groups is 1. The lowest BCUT2D eigenvalue weighted by Crippen LogP contribution is -2.53. The Hall–Kier alpha value is -5.30. The molecule has 4 rings (SSSR count). The average molecular weight is 677 g/mol. The lowest BCUT2D eigenvalue weighted by molar-refractivity contribution is -0.385. The van der Waals surface area contributed by atoms with Gasteiger partial charge in [-0.1, -0.05) is 61.5 Å². The van der Waals surface area contributed by atoms with Crippen molar-refractivity contribution in [1.29, 1.82) is 0 Å². The van der Waals surface area contributed by atoms with Gasteiger partial charge in [0.2, 0.25) is 11.8 Å². The summed E-state index contributed by atoms with van der Waals surface area (Å²) in [5.74, 6) is -1.47. The number of benzene rings is 4. The number of halogens is 1. The molecule has 48 heavy (non-hydrogen) atoms. The first-order chi connectivity index (χ1) is 23.0. The first kappa shape index (κ1) is 35.6. The van der Waals surface area contributed by atoms with Crippen molar-refractivity contribution >= 4 is 33.2 Å². The zero-order chi connectivity index (χ0) is 34.8. The number of carbonyl (C=O) groups is 2. The monoisotopic (exact) mass is 676 g/mol. The van der Waals surface area contributed by atoms with E-state index < -0.39 is 55.7 Å². The van der Waals surface area contributed by atoms with Crippen molar-refractivity contribution in [2.45, 2.75) is 44.2 Å². The van der Waals surface area contributed by atoms with E-state index in [-0.39, 0.29) is 29.8 Å². The Morgan fingerprint density at radius 1 is 0.979 bits per heavy atom. The van der Waals surface area contributed by atoms with Crippen LogP contribution in [0.2, 0.25) is 0 Å². The van der Waals surface area contributed by atoms with Crippen molar-refractivity contribution in [2.75, 3.05) is 24.5 Å². The minimum atomic E-state index is -4.61. The normalized spacial score (nSPS) is 11.8. The van der Waals surface area contributed by atoms with Crippen LogP contribution in [0.1, 0.15) is 30.0 Å². The molecular weight excluding hydrogens is 639 g/mol. The number of anilines is 1. The highest BCUT2D eigenvalue weighted by Gasteiger charge is 2.35. The number of hydrogen-bond acceptors (Lipinski definition) is 7. The lowest BCUT2D eigenvalue weighted by atomic mass is 10.0. The van der Waals surface area contributed by atoms with E-state index in [2.05, 4.69) is 5.32 Å². The summed E-state index contributed by atoms with van der Waals surface area (Å²) in [6.45, 7) is 2.54. The Labute approximate surface area is 279 Å². The molecule has 11 nitrogen and oxygen atoms in total. The van der Waals surface area contributed by atoms with Gasteiger partial charge in [-0.2, -0.15) is 0 Å². The SMILES string of the molecule is CCCNC(=O)[C@H](Cc1ccccc1)N(Cc1ccccc1F)C(=O)CN(c1ccc(OC)cc1)S(=O)(=O)c1ccc(C)c([N+](=O)[O-])c1. The third kappa shape index (κ3) is 8.53. The molecule has 1 N–H and O–H groups in total. The number of nitro benzene ring substituents is 1. The molecule has 0 aromatic heterocycles. The smallest absolute Gasteiger partial charge is 0.273 e. The van der Waals surface area contributed by atoms with Crippen molar-refractivity contribution in [1.82, 2.24) is 10.2 Å². The van der Waals surface area contributed by atoms with Crippen LogP contribution in [0.4, 0.5) is 15.8 Å². The maximum absolute atomic E-state index is 15.0. The van der Waals surface area contributed by atoms with E-state index in [4.69, 9.17) is 4.74 Å². The predicted octanol–water partition coefficient (Wildman–Crippen LogP) is 5.41. The van der Waals surface area contributed by atoms with Crippen molar-refractivity contribution in [3.05, 3.63) is 130 Å². The number of carbonyl (C=O) groups excluding carboxylic acids is 2. The van der Waals surface area contributed by atoms with E-state index >= 15 is 4.39 Å². The van der Waals surface area contributed by atoms with Gasteiger partial charge >= 0.3 is 0 Å². The van der Waals surface area contributed by atoms with Gasteiger partial charge in [0.05, 0.1) is 22.6 Å². The maximum Gasteiger partial charge on any atom is 0.273 e. The number of amides is 2. The highest BCUT2D eigenvalue weighted by atomic mass is 32.2. The van der Waals surface area contributed by atoms with E-state index in [1.165, 1.54) is 73.5 Å². The van der Waals surface area contributed by atoms with Gasteiger partial charge in [-0.05, 0) is 55.3 Å². The molecule has 0 unspecified atom stereocenters. The van der Waals surface area contributed by atoms with E-state index in [0.29, 0.717) is 18.7 Å². The summed E-state index contributed by atoms with van der Waals surface area (Å²) in [6, 6.07) is 23.0. The molecule has 0 aliphatic carbocycles. The van der Waals surface area contributed by atoms with Gasteiger partial charge in [-0.3, -0.25) is 24.0 Å². The van der Waals surface area contributed by atoms with Gasteiger partial charge in [0.15, 0.2) is 0 Å². The second kappa shape index (κ2) is 16.0. The zero-order valence-electron chi connectivity index (χ0n) is 26.8. The van der Waals surface area contributed by atoms with Gasteiger partial charge in [-0.15, -0.1) is 0 Å². The Morgan fingerprint density at radius 3 is 2.27 bits per heavy atom. The second-order valence-corrected chi connectivity index (χ2v) is 12.9.